The molecule has 5 heteroatoms. The van der Waals surface area contributed by atoms with Crippen LogP contribution in [0.3, 0.4) is 0 Å². The second kappa shape index (κ2) is 6.96. The average Bonchev–Trinajstić information content (AvgIpc) is 2.25. The number of hydrogen-bond donors (Lipinski definition) is 0. The second-order valence-corrected chi connectivity index (χ2v) is 7.25. The van der Waals surface area contributed by atoms with E-state index in [-0.39, 0.29) is 30.2 Å². The lowest BCUT2D eigenvalue weighted by molar-refractivity contribution is 0.461. The van der Waals surface area contributed by atoms with Crippen molar-refractivity contribution < 1.29 is 13.0 Å². The third kappa shape index (κ3) is 3.99. The SMILES string of the molecule is CC(C)c1ccc(S(=O)(=O)[O-])c(C(C)C)c1C(C)C.[SH3+]. The van der Waals surface area contributed by atoms with E-state index in [0.29, 0.717) is 11.5 Å². The number of rotatable bonds is 4. The molecule has 0 saturated carbocycles. The second-order valence-electron chi connectivity index (χ2n) is 5.90. The summed E-state index contributed by atoms with van der Waals surface area (Å²) in [6, 6.07) is 3.26. The molecule has 1 aromatic carbocycles. The molecule has 0 aliphatic heterocycles. The minimum absolute atomic E-state index is 0. The summed E-state index contributed by atoms with van der Waals surface area (Å²) in [6.07, 6.45) is 0. The maximum Gasteiger partial charge on any atom is 0.124 e. The summed E-state index contributed by atoms with van der Waals surface area (Å²) in [5.41, 5.74) is 2.84. The molecule has 0 saturated heterocycles. The molecule has 0 heterocycles. The van der Waals surface area contributed by atoms with Crippen LogP contribution in [0, 0.1) is 0 Å². The highest BCUT2D eigenvalue weighted by Crippen LogP contribution is 2.37. The van der Waals surface area contributed by atoms with Gasteiger partial charge in [-0.25, -0.2) is 8.42 Å². The van der Waals surface area contributed by atoms with Crippen LogP contribution in [0.4, 0.5) is 0 Å². The average molecular weight is 319 g/mol. The molecule has 3 nitrogen and oxygen atoms in total. The molecule has 116 valence electrons. The molecule has 20 heavy (non-hydrogen) atoms. The van der Waals surface area contributed by atoms with Gasteiger partial charge in [-0.15, -0.1) is 0 Å². The zero-order chi connectivity index (χ0) is 15.0. The quantitative estimate of drug-likeness (QED) is 0.633. The summed E-state index contributed by atoms with van der Waals surface area (Å²) in [4.78, 5) is -0.0596. The van der Waals surface area contributed by atoms with E-state index in [1.165, 1.54) is 6.07 Å². The van der Waals surface area contributed by atoms with Gasteiger partial charge in [0.25, 0.3) is 0 Å². The highest BCUT2D eigenvalue weighted by molar-refractivity contribution is 7.85. The Bertz CT molecular complexity index is 559. The zero-order valence-electron chi connectivity index (χ0n) is 13.1. The van der Waals surface area contributed by atoms with Crippen LogP contribution in [0.2, 0.25) is 0 Å². The maximum atomic E-state index is 11.5. The third-order valence-electron chi connectivity index (χ3n) is 3.33. The Balaban J connectivity index is 0.00000361. The molecular weight excluding hydrogens is 292 g/mol. The van der Waals surface area contributed by atoms with Gasteiger partial charge in [0.2, 0.25) is 0 Å². The van der Waals surface area contributed by atoms with Crippen molar-refractivity contribution in [3.05, 3.63) is 28.8 Å². The van der Waals surface area contributed by atoms with E-state index in [2.05, 4.69) is 13.8 Å². The van der Waals surface area contributed by atoms with Gasteiger partial charge in [0, 0.05) is 0 Å². The first kappa shape index (κ1) is 19.5. The normalized spacial score (nSPS) is 12.1. The van der Waals surface area contributed by atoms with E-state index >= 15 is 0 Å². The van der Waals surface area contributed by atoms with Crippen LogP contribution in [0.25, 0.3) is 0 Å². The van der Waals surface area contributed by atoms with Crippen LogP contribution >= 0.6 is 0 Å². The molecule has 0 bridgehead atoms. The predicted molar refractivity (Wildman–Crippen MR) is 88.2 cm³/mol. The largest absolute Gasteiger partial charge is 0.744 e. The van der Waals surface area contributed by atoms with E-state index in [1.54, 1.807) is 6.07 Å². The lowest BCUT2D eigenvalue weighted by atomic mass is 9.83. The highest BCUT2D eigenvalue weighted by Gasteiger charge is 2.22. The van der Waals surface area contributed by atoms with Gasteiger partial charge in [-0.05, 0) is 40.5 Å². The van der Waals surface area contributed by atoms with Gasteiger partial charge in [-0.1, -0.05) is 61.1 Å². The van der Waals surface area contributed by atoms with Crippen LogP contribution in [0.1, 0.15) is 76.0 Å². The molecule has 0 N–H and O–H groups in total. The smallest absolute Gasteiger partial charge is 0.124 e. The fourth-order valence-electron chi connectivity index (χ4n) is 2.59. The summed E-state index contributed by atoms with van der Waals surface area (Å²) in [5, 5.41) is 0. The van der Waals surface area contributed by atoms with Crippen molar-refractivity contribution in [2.45, 2.75) is 64.2 Å². The fraction of sp³-hybridized carbons (Fsp3) is 0.600. The van der Waals surface area contributed by atoms with Crippen LogP contribution in [-0.4, -0.2) is 13.0 Å². The Morgan fingerprint density at radius 3 is 1.60 bits per heavy atom. The summed E-state index contributed by atoms with van der Waals surface area (Å²) in [6.45, 7) is 12.1. The summed E-state index contributed by atoms with van der Waals surface area (Å²) >= 11 is 0. The Morgan fingerprint density at radius 2 is 1.30 bits per heavy atom. The molecule has 0 spiro atoms. The van der Waals surface area contributed by atoms with Crippen LogP contribution in [-0.2, 0) is 23.6 Å². The van der Waals surface area contributed by atoms with Crippen molar-refractivity contribution in [2.24, 2.45) is 0 Å². The minimum Gasteiger partial charge on any atom is -0.744 e. The predicted octanol–water partition coefficient (Wildman–Crippen LogP) is 3.16. The standard InChI is InChI=1S/C15H24O3S.H2S/c1-9(2)12-7-8-13(19(16,17)18)15(11(5)6)14(12)10(3)4;/h7-11H,1-6H3,(H,16,17,18);1H2. The molecule has 0 amide bonds. The van der Waals surface area contributed by atoms with Gasteiger partial charge in [0.05, 0.1) is 4.90 Å². The molecule has 1 aromatic rings. The van der Waals surface area contributed by atoms with Crippen molar-refractivity contribution in [3.8, 4) is 0 Å². The Kier molecular flexibility index (Phi) is 6.78. The summed E-state index contributed by atoms with van der Waals surface area (Å²) in [5.74, 6) is 0.504. The Hall–Kier alpha value is -0.520. The summed E-state index contributed by atoms with van der Waals surface area (Å²) < 4.78 is 34.4. The lowest BCUT2D eigenvalue weighted by Gasteiger charge is -2.26. The van der Waals surface area contributed by atoms with Crippen molar-refractivity contribution in [3.63, 3.8) is 0 Å². The molecule has 0 aromatic heterocycles. The van der Waals surface area contributed by atoms with Crippen LogP contribution in [0.5, 0.6) is 0 Å². The van der Waals surface area contributed by atoms with Crippen LogP contribution in [0.15, 0.2) is 17.0 Å². The van der Waals surface area contributed by atoms with E-state index < -0.39 is 10.1 Å². The van der Waals surface area contributed by atoms with Gasteiger partial charge < -0.3 is 4.55 Å². The molecule has 0 aliphatic carbocycles. The molecule has 0 unspecified atom stereocenters. The van der Waals surface area contributed by atoms with Crippen molar-refractivity contribution >= 4 is 23.6 Å². The number of benzene rings is 1. The zero-order valence-corrected chi connectivity index (χ0v) is 15.1. The molecule has 0 aliphatic rings. The molecule has 0 atom stereocenters. The fourth-order valence-corrected chi connectivity index (χ4v) is 3.44. The van der Waals surface area contributed by atoms with Crippen molar-refractivity contribution in [1.29, 1.82) is 0 Å². The molecule has 0 radical (unpaired) electrons. The van der Waals surface area contributed by atoms with Gasteiger partial charge in [-0.2, -0.15) is 0 Å². The minimum atomic E-state index is -4.43. The topological polar surface area (TPSA) is 57.2 Å². The van der Waals surface area contributed by atoms with Gasteiger partial charge >= 0.3 is 0 Å². The van der Waals surface area contributed by atoms with E-state index in [4.69, 9.17) is 0 Å². The lowest BCUT2D eigenvalue weighted by Crippen LogP contribution is -2.12. The molecule has 0 fully saturated rings. The van der Waals surface area contributed by atoms with E-state index in [9.17, 15) is 13.0 Å². The third-order valence-corrected chi connectivity index (χ3v) is 4.22. The molecular formula is C15H26O3S2. The first-order valence-electron chi connectivity index (χ1n) is 6.69. The summed E-state index contributed by atoms with van der Waals surface area (Å²) in [7, 11) is -4.43. The number of hydrogen-bond acceptors (Lipinski definition) is 3. The van der Waals surface area contributed by atoms with Crippen molar-refractivity contribution in [1.82, 2.24) is 0 Å². The van der Waals surface area contributed by atoms with E-state index in [0.717, 1.165) is 11.1 Å². The van der Waals surface area contributed by atoms with Gasteiger partial charge in [0.1, 0.15) is 10.1 Å². The highest BCUT2D eigenvalue weighted by atomic mass is 32.2. The Labute approximate surface area is 130 Å². The van der Waals surface area contributed by atoms with Crippen molar-refractivity contribution in [2.75, 3.05) is 0 Å². The van der Waals surface area contributed by atoms with Gasteiger partial charge in [0.15, 0.2) is 0 Å². The monoisotopic (exact) mass is 318 g/mol. The Morgan fingerprint density at radius 1 is 0.850 bits per heavy atom. The van der Waals surface area contributed by atoms with Crippen LogP contribution < -0.4 is 0 Å². The first-order valence-corrected chi connectivity index (χ1v) is 8.10. The first-order chi connectivity index (χ1) is 8.57. The van der Waals surface area contributed by atoms with E-state index in [1.807, 2.05) is 27.7 Å². The van der Waals surface area contributed by atoms with Gasteiger partial charge in [-0.3, -0.25) is 0 Å². The maximum absolute atomic E-state index is 11.5. The molecule has 1 rings (SSSR count).